The molecule has 0 aromatic carbocycles. The summed E-state index contributed by atoms with van der Waals surface area (Å²) in [4.78, 5) is 2.26. The zero-order valence-electron chi connectivity index (χ0n) is 7.94. The van der Waals surface area contributed by atoms with Crippen molar-refractivity contribution in [2.45, 2.75) is 13.0 Å². The fourth-order valence-electron chi connectivity index (χ4n) is 1.58. The zero-order valence-corrected chi connectivity index (χ0v) is 7.94. The monoisotopic (exact) mass is 188 g/mol. The Morgan fingerprint density at radius 1 is 1.57 bits per heavy atom. The van der Waals surface area contributed by atoms with E-state index < -0.39 is 0 Å². The molecule has 2 rings (SSSR count). The molecule has 14 heavy (non-hydrogen) atoms. The number of nitrogens with zero attached hydrogens (tertiary/aromatic N) is 2. The summed E-state index contributed by atoms with van der Waals surface area (Å²) in [6.07, 6.45) is 4.54. The Labute approximate surface area is 83.2 Å². The van der Waals surface area contributed by atoms with Gasteiger partial charge in [0.05, 0.1) is 18.9 Å². The van der Waals surface area contributed by atoms with Gasteiger partial charge in [-0.05, 0) is 18.6 Å². The van der Waals surface area contributed by atoms with E-state index in [9.17, 15) is 0 Å². The summed E-state index contributed by atoms with van der Waals surface area (Å²) >= 11 is 0. The van der Waals surface area contributed by atoms with Crippen LogP contribution in [0.15, 0.2) is 34.5 Å². The van der Waals surface area contributed by atoms with Crippen molar-refractivity contribution in [3.8, 4) is 6.07 Å². The van der Waals surface area contributed by atoms with Gasteiger partial charge in [0.15, 0.2) is 0 Å². The van der Waals surface area contributed by atoms with Crippen molar-refractivity contribution in [3.05, 3.63) is 35.8 Å². The first-order valence-corrected chi connectivity index (χ1v) is 4.72. The van der Waals surface area contributed by atoms with Crippen molar-refractivity contribution >= 4 is 0 Å². The number of hydrogen-bond donors (Lipinski definition) is 0. The Hall–Kier alpha value is -1.53. The van der Waals surface area contributed by atoms with Gasteiger partial charge in [-0.2, -0.15) is 5.26 Å². The Bertz CT molecular complexity index is 359. The highest BCUT2D eigenvalue weighted by Crippen LogP contribution is 2.13. The molecule has 0 saturated heterocycles. The number of rotatable bonds is 2. The average Bonchev–Trinajstić information content (AvgIpc) is 2.72. The van der Waals surface area contributed by atoms with Gasteiger partial charge in [0.25, 0.3) is 0 Å². The lowest BCUT2D eigenvalue weighted by atomic mass is 10.1. The molecule has 0 N–H and O–H groups in total. The summed E-state index contributed by atoms with van der Waals surface area (Å²) in [7, 11) is 0. The largest absolute Gasteiger partial charge is 0.468 e. The topological polar surface area (TPSA) is 40.2 Å². The maximum absolute atomic E-state index is 8.68. The molecule has 1 aromatic heterocycles. The van der Waals surface area contributed by atoms with Crippen molar-refractivity contribution in [1.29, 1.82) is 5.26 Å². The molecular formula is C11H12N2O. The van der Waals surface area contributed by atoms with Gasteiger partial charge in [0.2, 0.25) is 0 Å². The summed E-state index contributed by atoms with van der Waals surface area (Å²) in [5.41, 5.74) is 0.903. The molecule has 1 aliphatic rings. The van der Waals surface area contributed by atoms with Crippen LogP contribution in [0.5, 0.6) is 0 Å². The predicted molar refractivity (Wildman–Crippen MR) is 52.3 cm³/mol. The molecule has 0 spiro atoms. The van der Waals surface area contributed by atoms with E-state index >= 15 is 0 Å². The highest BCUT2D eigenvalue weighted by molar-refractivity contribution is 5.23. The van der Waals surface area contributed by atoms with Gasteiger partial charge in [-0.15, -0.1) is 0 Å². The van der Waals surface area contributed by atoms with Crippen molar-refractivity contribution in [3.63, 3.8) is 0 Å². The summed E-state index contributed by atoms with van der Waals surface area (Å²) in [6.45, 7) is 2.63. The van der Waals surface area contributed by atoms with Crippen LogP contribution in [-0.2, 0) is 6.54 Å². The molecule has 3 heteroatoms. The zero-order chi connectivity index (χ0) is 9.80. The van der Waals surface area contributed by atoms with Crippen LogP contribution in [0.4, 0.5) is 0 Å². The fourth-order valence-corrected chi connectivity index (χ4v) is 1.58. The third-order valence-electron chi connectivity index (χ3n) is 2.40. The molecular weight excluding hydrogens is 176 g/mol. The van der Waals surface area contributed by atoms with Crippen molar-refractivity contribution < 1.29 is 4.42 Å². The first-order chi connectivity index (χ1) is 6.88. The van der Waals surface area contributed by atoms with E-state index in [4.69, 9.17) is 9.68 Å². The molecule has 1 aliphatic heterocycles. The van der Waals surface area contributed by atoms with Gasteiger partial charge in [0, 0.05) is 18.7 Å². The molecule has 1 aromatic rings. The SMILES string of the molecule is N#CC1=CCN(Cc2ccco2)CC1. The van der Waals surface area contributed by atoms with E-state index in [0.29, 0.717) is 0 Å². The van der Waals surface area contributed by atoms with Gasteiger partial charge >= 0.3 is 0 Å². The maximum atomic E-state index is 8.68. The van der Waals surface area contributed by atoms with Crippen LogP contribution >= 0.6 is 0 Å². The highest BCUT2D eigenvalue weighted by Gasteiger charge is 2.12. The van der Waals surface area contributed by atoms with Gasteiger partial charge in [0.1, 0.15) is 5.76 Å². The van der Waals surface area contributed by atoms with Crippen LogP contribution in [0.1, 0.15) is 12.2 Å². The van der Waals surface area contributed by atoms with Crippen LogP contribution < -0.4 is 0 Å². The number of furan rings is 1. The van der Waals surface area contributed by atoms with Crippen LogP contribution in [0, 0.1) is 11.3 Å². The average molecular weight is 188 g/mol. The molecule has 0 saturated carbocycles. The van der Waals surface area contributed by atoms with Crippen LogP contribution in [0.2, 0.25) is 0 Å². The van der Waals surface area contributed by atoms with Crippen molar-refractivity contribution in [2.75, 3.05) is 13.1 Å². The van der Waals surface area contributed by atoms with E-state index in [0.717, 1.165) is 37.4 Å². The highest BCUT2D eigenvalue weighted by atomic mass is 16.3. The van der Waals surface area contributed by atoms with Crippen LogP contribution in [-0.4, -0.2) is 18.0 Å². The summed E-state index contributed by atoms with van der Waals surface area (Å²) in [5.74, 6) is 0.985. The predicted octanol–water partition coefficient (Wildman–Crippen LogP) is 1.94. The molecule has 2 heterocycles. The molecule has 0 radical (unpaired) electrons. The van der Waals surface area contributed by atoms with Crippen molar-refractivity contribution in [1.82, 2.24) is 4.90 Å². The Balaban J connectivity index is 1.91. The van der Waals surface area contributed by atoms with Gasteiger partial charge in [-0.3, -0.25) is 4.90 Å². The van der Waals surface area contributed by atoms with Gasteiger partial charge in [-0.25, -0.2) is 0 Å². The maximum Gasteiger partial charge on any atom is 0.117 e. The molecule has 72 valence electrons. The van der Waals surface area contributed by atoms with E-state index in [1.54, 1.807) is 6.26 Å². The second kappa shape index (κ2) is 4.12. The smallest absolute Gasteiger partial charge is 0.117 e. The minimum Gasteiger partial charge on any atom is -0.468 e. The van der Waals surface area contributed by atoms with Crippen molar-refractivity contribution in [2.24, 2.45) is 0 Å². The second-order valence-electron chi connectivity index (χ2n) is 3.41. The molecule has 0 amide bonds. The lowest BCUT2D eigenvalue weighted by Gasteiger charge is -2.22. The normalized spacial score (nSPS) is 17.5. The molecule has 0 fully saturated rings. The Morgan fingerprint density at radius 3 is 3.07 bits per heavy atom. The second-order valence-corrected chi connectivity index (χ2v) is 3.41. The number of nitriles is 1. The van der Waals surface area contributed by atoms with E-state index in [1.807, 2.05) is 18.2 Å². The third kappa shape index (κ3) is 2.04. The first-order valence-electron chi connectivity index (χ1n) is 4.72. The molecule has 0 atom stereocenters. The molecule has 3 nitrogen and oxygen atoms in total. The lowest BCUT2D eigenvalue weighted by Crippen LogP contribution is -2.27. The summed E-state index contributed by atoms with van der Waals surface area (Å²) in [6, 6.07) is 6.07. The Morgan fingerprint density at radius 2 is 2.50 bits per heavy atom. The Kier molecular flexibility index (Phi) is 2.66. The first kappa shape index (κ1) is 9.04. The molecule has 0 unspecified atom stereocenters. The summed E-state index contributed by atoms with van der Waals surface area (Å²) in [5, 5.41) is 8.68. The van der Waals surface area contributed by atoms with Crippen LogP contribution in [0.25, 0.3) is 0 Å². The lowest BCUT2D eigenvalue weighted by molar-refractivity contribution is 0.262. The van der Waals surface area contributed by atoms with Gasteiger partial charge in [-0.1, -0.05) is 6.08 Å². The van der Waals surface area contributed by atoms with E-state index in [2.05, 4.69) is 11.0 Å². The third-order valence-corrected chi connectivity index (χ3v) is 2.40. The molecule has 0 bridgehead atoms. The fraction of sp³-hybridized carbons (Fsp3) is 0.364. The summed E-state index contributed by atoms with van der Waals surface area (Å²) < 4.78 is 5.26. The minimum absolute atomic E-state index is 0.836. The van der Waals surface area contributed by atoms with Crippen LogP contribution in [0.3, 0.4) is 0 Å². The molecule has 0 aliphatic carbocycles. The van der Waals surface area contributed by atoms with E-state index in [1.165, 1.54) is 0 Å². The van der Waals surface area contributed by atoms with Gasteiger partial charge < -0.3 is 4.42 Å². The number of hydrogen-bond acceptors (Lipinski definition) is 3. The quantitative estimate of drug-likeness (QED) is 0.712. The standard InChI is InChI=1S/C11H12N2O/c12-8-10-3-5-13(6-4-10)9-11-2-1-7-14-11/h1-3,7H,4-6,9H2. The van der Waals surface area contributed by atoms with E-state index in [-0.39, 0.29) is 0 Å². The minimum atomic E-state index is 0.836.